The zero-order chi connectivity index (χ0) is 8.91. The third kappa shape index (κ3) is 2.90. The first-order valence-corrected chi connectivity index (χ1v) is 6.07. The molecule has 0 rings (SSSR count). The first-order valence-electron chi connectivity index (χ1n) is 4.54. The molecule has 0 aromatic carbocycles. The van der Waals surface area contributed by atoms with Gasteiger partial charge < -0.3 is 4.48 Å². The summed E-state index contributed by atoms with van der Waals surface area (Å²) in [6, 6.07) is 0.778. The number of hydrogen-bond acceptors (Lipinski definition) is 0. The lowest BCUT2D eigenvalue weighted by molar-refractivity contribution is -0.942. The van der Waals surface area contributed by atoms with E-state index in [1.54, 1.807) is 0 Å². The molecule has 2 heteroatoms. The van der Waals surface area contributed by atoms with Crippen LogP contribution in [0.4, 0.5) is 0 Å². The molecule has 0 heterocycles. The molecule has 0 aliphatic carbocycles. The highest BCUT2D eigenvalue weighted by molar-refractivity contribution is 14.1. The lowest BCUT2D eigenvalue weighted by Crippen LogP contribution is -2.53. The van der Waals surface area contributed by atoms with Crippen LogP contribution in [0.25, 0.3) is 0 Å². The minimum absolute atomic E-state index is 0.778. The van der Waals surface area contributed by atoms with E-state index in [4.69, 9.17) is 0 Å². The highest BCUT2D eigenvalue weighted by Crippen LogP contribution is 2.13. The van der Waals surface area contributed by atoms with Crippen LogP contribution in [-0.4, -0.2) is 34.6 Å². The van der Waals surface area contributed by atoms with Gasteiger partial charge in [-0.15, -0.1) is 0 Å². The van der Waals surface area contributed by atoms with Gasteiger partial charge in [-0.2, -0.15) is 0 Å². The van der Waals surface area contributed by atoms with E-state index in [0.29, 0.717) is 0 Å². The molecule has 0 aromatic heterocycles. The van der Waals surface area contributed by atoms with Gasteiger partial charge in [0.25, 0.3) is 0 Å². The lowest BCUT2D eigenvalue weighted by atomic mass is 10.2. The third-order valence-electron chi connectivity index (χ3n) is 2.88. The second-order valence-electron chi connectivity index (χ2n) is 3.36. The molecule has 0 saturated carbocycles. The van der Waals surface area contributed by atoms with Crippen molar-refractivity contribution in [1.82, 2.24) is 0 Å². The number of rotatable bonds is 5. The average Bonchev–Trinajstić information content (AvgIpc) is 2.00. The van der Waals surface area contributed by atoms with Crippen LogP contribution in [0, 0.1) is 0 Å². The Kier molecular flexibility index (Phi) is 5.69. The maximum atomic E-state index is 2.48. The van der Waals surface area contributed by atoms with Gasteiger partial charge in [0.2, 0.25) is 0 Å². The zero-order valence-electron chi connectivity index (χ0n) is 8.23. The van der Waals surface area contributed by atoms with Crippen molar-refractivity contribution >= 4 is 22.6 Å². The third-order valence-corrected chi connectivity index (χ3v) is 3.37. The van der Waals surface area contributed by atoms with E-state index < -0.39 is 0 Å². The predicted octanol–water partition coefficient (Wildman–Crippen LogP) is 2.69. The van der Waals surface area contributed by atoms with Crippen molar-refractivity contribution < 1.29 is 4.48 Å². The minimum Gasteiger partial charge on any atom is -0.321 e. The molecule has 0 aliphatic heterocycles. The number of alkyl halides is 1. The molecule has 0 unspecified atom stereocenters. The monoisotopic (exact) mass is 270 g/mol. The molecule has 0 radical (unpaired) electrons. The second kappa shape index (κ2) is 5.36. The summed E-state index contributed by atoms with van der Waals surface area (Å²) in [7, 11) is 0. The Balaban J connectivity index is 4.20. The summed E-state index contributed by atoms with van der Waals surface area (Å²) in [5.41, 5.74) is 0. The molecule has 68 valence electrons. The van der Waals surface area contributed by atoms with Gasteiger partial charge in [0, 0.05) is 4.43 Å². The fourth-order valence-electron chi connectivity index (χ4n) is 1.70. The molecular weight excluding hydrogens is 249 g/mol. The van der Waals surface area contributed by atoms with Crippen molar-refractivity contribution in [2.75, 3.05) is 24.1 Å². The average molecular weight is 270 g/mol. The van der Waals surface area contributed by atoms with Crippen molar-refractivity contribution in [3.63, 3.8) is 0 Å². The number of hydrogen-bond donors (Lipinski definition) is 0. The van der Waals surface area contributed by atoms with E-state index in [-0.39, 0.29) is 0 Å². The van der Waals surface area contributed by atoms with Crippen molar-refractivity contribution in [3.8, 4) is 0 Å². The fraction of sp³-hybridized carbons (Fsp3) is 1.00. The van der Waals surface area contributed by atoms with E-state index in [2.05, 4.69) is 50.3 Å². The van der Waals surface area contributed by atoms with Gasteiger partial charge in [0.1, 0.15) is 0 Å². The minimum atomic E-state index is 0.778. The summed E-state index contributed by atoms with van der Waals surface area (Å²) in [4.78, 5) is 0. The van der Waals surface area contributed by atoms with Crippen molar-refractivity contribution in [2.24, 2.45) is 0 Å². The van der Waals surface area contributed by atoms with E-state index in [0.717, 1.165) is 6.04 Å². The van der Waals surface area contributed by atoms with Crippen LogP contribution in [0.5, 0.6) is 0 Å². The molecule has 1 nitrogen and oxygen atoms in total. The van der Waals surface area contributed by atoms with Crippen molar-refractivity contribution in [1.29, 1.82) is 0 Å². The highest BCUT2D eigenvalue weighted by Gasteiger charge is 2.25. The molecule has 0 bridgehead atoms. The molecule has 0 atom stereocenters. The molecule has 0 aromatic rings. The summed E-state index contributed by atoms with van der Waals surface area (Å²) >= 11 is 2.48. The Labute approximate surface area is 84.9 Å². The van der Waals surface area contributed by atoms with Crippen molar-refractivity contribution in [2.45, 2.75) is 33.7 Å². The van der Waals surface area contributed by atoms with Gasteiger partial charge in [-0.05, 0) is 27.7 Å². The lowest BCUT2D eigenvalue weighted by Gasteiger charge is -2.40. The highest BCUT2D eigenvalue weighted by atomic mass is 127. The number of halogens is 1. The molecule has 0 N–H and O–H groups in total. The van der Waals surface area contributed by atoms with Crippen LogP contribution in [0.1, 0.15) is 27.7 Å². The zero-order valence-corrected chi connectivity index (χ0v) is 10.4. The topological polar surface area (TPSA) is 0 Å². The molecule has 0 spiro atoms. The van der Waals surface area contributed by atoms with Gasteiger partial charge in [-0.3, -0.25) is 0 Å². The van der Waals surface area contributed by atoms with E-state index in [1.165, 1.54) is 28.5 Å². The standard InChI is InChI=1S/C9H21IN/c1-5-11(6-2,8-7-10)9(3)4/h9H,5-8H2,1-4H3/q+1. The molecule has 0 aliphatic rings. The number of nitrogens with zero attached hydrogens (tertiary/aromatic N) is 1. The summed E-state index contributed by atoms with van der Waals surface area (Å²) in [6.07, 6.45) is 0. The smallest absolute Gasteiger partial charge is 0.0879 e. The summed E-state index contributed by atoms with van der Waals surface area (Å²) in [5, 5.41) is 0. The molecule has 0 fully saturated rings. The SMILES string of the molecule is CC[N+](CC)(CCI)C(C)C. The van der Waals surface area contributed by atoms with Gasteiger partial charge >= 0.3 is 0 Å². The first kappa shape index (κ1) is 11.7. The normalized spacial score (nSPS) is 12.5. The number of quaternary nitrogens is 1. The Bertz CT molecular complexity index is 97.7. The predicted molar refractivity (Wildman–Crippen MR) is 60.2 cm³/mol. The van der Waals surface area contributed by atoms with E-state index in [1.807, 2.05) is 0 Å². The quantitative estimate of drug-likeness (QED) is 0.409. The maximum absolute atomic E-state index is 2.48. The van der Waals surface area contributed by atoms with E-state index in [9.17, 15) is 0 Å². The van der Waals surface area contributed by atoms with Crippen LogP contribution in [0.15, 0.2) is 0 Å². The van der Waals surface area contributed by atoms with Gasteiger partial charge in [-0.1, -0.05) is 22.6 Å². The first-order chi connectivity index (χ1) is 5.13. The van der Waals surface area contributed by atoms with Crippen LogP contribution >= 0.6 is 22.6 Å². The Morgan fingerprint density at radius 2 is 1.64 bits per heavy atom. The molecule has 0 amide bonds. The Hall–Kier alpha value is 0.690. The molecule has 0 saturated heterocycles. The maximum Gasteiger partial charge on any atom is 0.0879 e. The Morgan fingerprint density at radius 3 is 1.73 bits per heavy atom. The molecular formula is C9H21IN+. The van der Waals surface area contributed by atoms with Gasteiger partial charge in [-0.25, -0.2) is 0 Å². The van der Waals surface area contributed by atoms with E-state index >= 15 is 0 Å². The van der Waals surface area contributed by atoms with Crippen LogP contribution in [0.2, 0.25) is 0 Å². The second-order valence-corrected chi connectivity index (χ2v) is 4.44. The van der Waals surface area contributed by atoms with Crippen LogP contribution in [-0.2, 0) is 0 Å². The summed E-state index contributed by atoms with van der Waals surface area (Å²) in [5.74, 6) is 0. The van der Waals surface area contributed by atoms with Gasteiger partial charge in [0.15, 0.2) is 0 Å². The van der Waals surface area contributed by atoms with Crippen LogP contribution in [0.3, 0.4) is 0 Å². The summed E-state index contributed by atoms with van der Waals surface area (Å²) in [6.45, 7) is 13.1. The Morgan fingerprint density at radius 1 is 1.18 bits per heavy atom. The van der Waals surface area contributed by atoms with Crippen molar-refractivity contribution in [3.05, 3.63) is 0 Å². The summed E-state index contributed by atoms with van der Waals surface area (Å²) < 4.78 is 2.56. The van der Waals surface area contributed by atoms with Crippen LogP contribution < -0.4 is 0 Å². The largest absolute Gasteiger partial charge is 0.321 e. The van der Waals surface area contributed by atoms with Gasteiger partial charge in [0.05, 0.1) is 25.7 Å². The fourth-order valence-corrected chi connectivity index (χ4v) is 2.66. The molecule has 11 heavy (non-hydrogen) atoms.